The number of benzene rings is 1. The van der Waals surface area contributed by atoms with Gasteiger partial charge in [-0.2, -0.15) is 0 Å². The first kappa shape index (κ1) is 14.0. The van der Waals surface area contributed by atoms with Crippen molar-refractivity contribution in [3.05, 3.63) is 36.1 Å². The Labute approximate surface area is 116 Å². The van der Waals surface area contributed by atoms with Gasteiger partial charge in [-0.25, -0.2) is 8.42 Å². The minimum atomic E-state index is -3.61. The number of thioether (sulfide) groups is 1. The van der Waals surface area contributed by atoms with Crippen LogP contribution in [-0.4, -0.2) is 19.3 Å². The number of nitrogens with one attached hydrogen (secondary N) is 1. The second-order valence-corrected chi connectivity index (χ2v) is 6.85. The third kappa shape index (κ3) is 3.51. The lowest BCUT2D eigenvalue weighted by Gasteiger charge is -2.05. The number of anilines is 1. The highest BCUT2D eigenvalue weighted by Crippen LogP contribution is 2.21. The number of aromatic nitrogens is 1. The van der Waals surface area contributed by atoms with E-state index in [0.29, 0.717) is 5.76 Å². The smallest absolute Gasteiger partial charge is 0.263 e. The normalized spacial score (nSPS) is 11.5. The van der Waals surface area contributed by atoms with Gasteiger partial charge in [-0.1, -0.05) is 12.1 Å². The van der Waals surface area contributed by atoms with E-state index >= 15 is 0 Å². The van der Waals surface area contributed by atoms with Crippen LogP contribution in [0.4, 0.5) is 5.82 Å². The largest absolute Gasteiger partial charge is 0.360 e. The maximum Gasteiger partial charge on any atom is 0.263 e. The van der Waals surface area contributed by atoms with E-state index in [1.54, 1.807) is 43.0 Å². The zero-order chi connectivity index (χ0) is 13.9. The lowest BCUT2D eigenvalue weighted by atomic mass is 10.4. The van der Waals surface area contributed by atoms with Crippen LogP contribution in [0.25, 0.3) is 0 Å². The van der Waals surface area contributed by atoms with Gasteiger partial charge in [0, 0.05) is 11.0 Å². The van der Waals surface area contributed by atoms with Crippen LogP contribution >= 0.6 is 11.8 Å². The average molecular weight is 298 g/mol. The highest BCUT2D eigenvalue weighted by Gasteiger charge is 2.15. The summed E-state index contributed by atoms with van der Waals surface area (Å²) in [6.45, 7) is 3.74. The molecule has 0 atom stereocenters. The molecule has 0 saturated heterocycles. The Bertz CT molecular complexity index is 648. The van der Waals surface area contributed by atoms with Crippen molar-refractivity contribution in [1.82, 2.24) is 5.16 Å². The molecule has 1 aromatic heterocycles. The molecule has 7 heteroatoms. The molecule has 0 unspecified atom stereocenters. The molecule has 0 saturated carbocycles. The summed E-state index contributed by atoms with van der Waals surface area (Å²) in [6.07, 6.45) is 0. The SMILES string of the molecule is CCSc1ccc(S(=O)(=O)Nc2cc(C)on2)cc1. The molecule has 0 spiro atoms. The van der Waals surface area contributed by atoms with Gasteiger partial charge < -0.3 is 4.52 Å². The molecular weight excluding hydrogens is 284 g/mol. The van der Waals surface area contributed by atoms with E-state index in [1.807, 2.05) is 6.92 Å². The van der Waals surface area contributed by atoms with E-state index < -0.39 is 10.0 Å². The zero-order valence-corrected chi connectivity index (χ0v) is 12.2. The lowest BCUT2D eigenvalue weighted by molar-refractivity contribution is 0.400. The van der Waals surface area contributed by atoms with Crippen molar-refractivity contribution >= 4 is 27.6 Å². The standard InChI is InChI=1S/C12H14N2O3S2/c1-3-18-10-4-6-11(7-5-10)19(15,16)14-12-8-9(2)17-13-12/h4-8H,3H2,1-2H3,(H,13,14). The molecule has 0 radical (unpaired) electrons. The summed E-state index contributed by atoms with van der Waals surface area (Å²) in [5.41, 5.74) is 0. The molecular formula is C12H14N2O3S2. The first-order valence-corrected chi connectivity index (χ1v) is 8.17. The third-order valence-electron chi connectivity index (χ3n) is 2.31. The number of rotatable bonds is 5. The van der Waals surface area contributed by atoms with Crippen LogP contribution in [0.1, 0.15) is 12.7 Å². The first-order chi connectivity index (χ1) is 9.01. The third-order valence-corrected chi connectivity index (χ3v) is 4.58. The van der Waals surface area contributed by atoms with Gasteiger partial charge in [0.1, 0.15) is 5.76 Å². The van der Waals surface area contributed by atoms with E-state index in [2.05, 4.69) is 9.88 Å². The van der Waals surface area contributed by atoms with Crippen molar-refractivity contribution in [3.63, 3.8) is 0 Å². The second kappa shape index (κ2) is 5.66. The highest BCUT2D eigenvalue weighted by atomic mass is 32.2. The fraction of sp³-hybridized carbons (Fsp3) is 0.250. The van der Waals surface area contributed by atoms with Crippen LogP contribution in [-0.2, 0) is 10.0 Å². The molecule has 0 amide bonds. The topological polar surface area (TPSA) is 72.2 Å². The van der Waals surface area contributed by atoms with Crippen molar-refractivity contribution in [3.8, 4) is 0 Å². The van der Waals surface area contributed by atoms with Crippen molar-refractivity contribution in [2.45, 2.75) is 23.6 Å². The van der Waals surface area contributed by atoms with E-state index in [1.165, 1.54) is 6.07 Å². The minimum Gasteiger partial charge on any atom is -0.360 e. The predicted octanol–water partition coefficient (Wildman–Crippen LogP) is 2.90. The molecule has 0 aliphatic carbocycles. The predicted molar refractivity (Wildman–Crippen MR) is 74.9 cm³/mol. The van der Waals surface area contributed by atoms with E-state index in [-0.39, 0.29) is 10.7 Å². The molecule has 19 heavy (non-hydrogen) atoms. The van der Waals surface area contributed by atoms with Gasteiger partial charge in [0.15, 0.2) is 5.82 Å². The van der Waals surface area contributed by atoms with Crippen molar-refractivity contribution in [1.29, 1.82) is 0 Å². The fourth-order valence-corrected chi connectivity index (χ4v) is 3.14. The van der Waals surface area contributed by atoms with Gasteiger partial charge in [0.05, 0.1) is 4.90 Å². The summed E-state index contributed by atoms with van der Waals surface area (Å²) in [5, 5.41) is 3.60. The summed E-state index contributed by atoms with van der Waals surface area (Å²) < 4.78 is 31.3. The van der Waals surface area contributed by atoms with Crippen LogP contribution in [0.2, 0.25) is 0 Å². The molecule has 5 nitrogen and oxygen atoms in total. The Balaban J connectivity index is 2.19. The number of nitrogens with zero attached hydrogens (tertiary/aromatic N) is 1. The first-order valence-electron chi connectivity index (χ1n) is 5.70. The Hall–Kier alpha value is -1.47. The van der Waals surface area contributed by atoms with Gasteiger partial charge >= 0.3 is 0 Å². The van der Waals surface area contributed by atoms with Gasteiger partial charge in [-0.05, 0) is 36.9 Å². The average Bonchev–Trinajstić information content (AvgIpc) is 2.75. The quantitative estimate of drug-likeness (QED) is 0.859. The molecule has 0 bridgehead atoms. The van der Waals surface area contributed by atoms with Crippen LogP contribution in [0.5, 0.6) is 0 Å². The highest BCUT2D eigenvalue weighted by molar-refractivity contribution is 7.99. The molecule has 2 aromatic rings. The molecule has 1 N–H and O–H groups in total. The Kier molecular flexibility index (Phi) is 4.16. The number of hydrogen-bond donors (Lipinski definition) is 1. The summed E-state index contributed by atoms with van der Waals surface area (Å²) in [5.74, 6) is 1.68. The van der Waals surface area contributed by atoms with Crippen LogP contribution in [0, 0.1) is 6.92 Å². The van der Waals surface area contributed by atoms with Crippen molar-refractivity contribution in [2.24, 2.45) is 0 Å². The molecule has 0 aliphatic heterocycles. The monoisotopic (exact) mass is 298 g/mol. The number of hydrogen-bond acceptors (Lipinski definition) is 5. The summed E-state index contributed by atoms with van der Waals surface area (Å²) in [6, 6.07) is 8.26. The Morgan fingerprint density at radius 2 is 2.00 bits per heavy atom. The van der Waals surface area contributed by atoms with E-state index in [0.717, 1.165) is 10.6 Å². The summed E-state index contributed by atoms with van der Waals surface area (Å²) in [4.78, 5) is 1.24. The molecule has 0 aliphatic rings. The summed E-state index contributed by atoms with van der Waals surface area (Å²) in [7, 11) is -3.61. The molecule has 102 valence electrons. The molecule has 0 fully saturated rings. The van der Waals surface area contributed by atoms with E-state index in [9.17, 15) is 8.42 Å². The second-order valence-electron chi connectivity index (χ2n) is 3.83. The fourth-order valence-electron chi connectivity index (χ4n) is 1.49. The van der Waals surface area contributed by atoms with Gasteiger partial charge in [0.2, 0.25) is 0 Å². The lowest BCUT2D eigenvalue weighted by Crippen LogP contribution is -2.12. The maximum atomic E-state index is 12.1. The number of sulfonamides is 1. The number of aryl methyl sites for hydroxylation is 1. The molecule has 1 aromatic carbocycles. The Morgan fingerprint density at radius 3 is 2.53 bits per heavy atom. The van der Waals surface area contributed by atoms with Crippen molar-refractivity contribution in [2.75, 3.05) is 10.5 Å². The zero-order valence-electron chi connectivity index (χ0n) is 10.6. The van der Waals surface area contributed by atoms with Gasteiger partial charge in [-0.3, -0.25) is 4.72 Å². The van der Waals surface area contributed by atoms with E-state index in [4.69, 9.17) is 4.52 Å². The van der Waals surface area contributed by atoms with Crippen LogP contribution in [0.3, 0.4) is 0 Å². The maximum absolute atomic E-state index is 12.1. The van der Waals surface area contributed by atoms with Crippen molar-refractivity contribution < 1.29 is 12.9 Å². The molecule has 2 rings (SSSR count). The van der Waals surface area contributed by atoms with Gasteiger partial charge in [-0.15, -0.1) is 11.8 Å². The Morgan fingerprint density at radius 1 is 1.32 bits per heavy atom. The van der Waals surface area contributed by atoms with Crippen LogP contribution in [0.15, 0.2) is 44.6 Å². The molecule has 1 heterocycles. The summed E-state index contributed by atoms with van der Waals surface area (Å²) >= 11 is 1.66. The van der Waals surface area contributed by atoms with Crippen LogP contribution < -0.4 is 4.72 Å². The minimum absolute atomic E-state index is 0.185. The van der Waals surface area contributed by atoms with Gasteiger partial charge in [0.25, 0.3) is 10.0 Å².